The summed E-state index contributed by atoms with van der Waals surface area (Å²) in [6.07, 6.45) is 5.15. The van der Waals surface area contributed by atoms with Gasteiger partial charge in [-0.3, -0.25) is 9.48 Å². The summed E-state index contributed by atoms with van der Waals surface area (Å²) in [6, 6.07) is 5.34. The van der Waals surface area contributed by atoms with E-state index in [1.54, 1.807) is 51.9 Å². The summed E-state index contributed by atoms with van der Waals surface area (Å²) in [5.41, 5.74) is 2.00. The molecule has 3 rings (SSSR count). The molecule has 0 unspecified atom stereocenters. The Hall–Kier alpha value is -2.70. The molecule has 3 aromatic heterocycles. The van der Waals surface area contributed by atoms with E-state index in [1.807, 2.05) is 13.1 Å². The lowest BCUT2D eigenvalue weighted by atomic mass is 10.3. The van der Waals surface area contributed by atoms with Crippen molar-refractivity contribution in [1.82, 2.24) is 29.3 Å². The maximum atomic E-state index is 12.3. The molecule has 0 aliphatic heterocycles. The van der Waals surface area contributed by atoms with Crippen LogP contribution in [0, 0.1) is 0 Å². The molecule has 3 aromatic rings. The molecule has 0 bridgehead atoms. The van der Waals surface area contributed by atoms with E-state index in [-0.39, 0.29) is 5.91 Å². The lowest BCUT2D eigenvalue weighted by Gasteiger charge is -2.15. The molecule has 0 spiro atoms. The Labute approximate surface area is 115 Å². The van der Waals surface area contributed by atoms with E-state index in [0.29, 0.717) is 17.9 Å². The molecule has 0 aromatic carbocycles. The van der Waals surface area contributed by atoms with Gasteiger partial charge < -0.3 is 4.90 Å². The fourth-order valence-corrected chi connectivity index (χ4v) is 2.00. The Kier molecular flexibility index (Phi) is 2.94. The highest BCUT2D eigenvalue weighted by Crippen LogP contribution is 2.08. The second-order valence-electron chi connectivity index (χ2n) is 4.56. The monoisotopic (exact) mass is 270 g/mol. The van der Waals surface area contributed by atoms with Crippen LogP contribution in [0.3, 0.4) is 0 Å². The van der Waals surface area contributed by atoms with Crippen molar-refractivity contribution in [1.29, 1.82) is 0 Å². The fraction of sp³-hybridized carbons (Fsp3) is 0.231. The van der Waals surface area contributed by atoms with Crippen LogP contribution in [0.25, 0.3) is 5.65 Å². The molecule has 1 amide bonds. The van der Waals surface area contributed by atoms with Crippen LogP contribution in [0.4, 0.5) is 0 Å². The molecule has 0 radical (unpaired) electrons. The highest BCUT2D eigenvalue weighted by atomic mass is 16.2. The van der Waals surface area contributed by atoms with Crippen molar-refractivity contribution in [2.45, 2.75) is 6.54 Å². The van der Waals surface area contributed by atoms with E-state index < -0.39 is 0 Å². The van der Waals surface area contributed by atoms with E-state index in [1.165, 1.54) is 0 Å². The Balaban J connectivity index is 1.82. The van der Waals surface area contributed by atoms with Crippen molar-refractivity contribution in [3.8, 4) is 0 Å². The summed E-state index contributed by atoms with van der Waals surface area (Å²) in [4.78, 5) is 18.1. The first-order valence-corrected chi connectivity index (χ1v) is 6.18. The minimum atomic E-state index is -0.142. The van der Waals surface area contributed by atoms with Gasteiger partial charge in [0.25, 0.3) is 5.91 Å². The average Bonchev–Trinajstić information content (AvgIpc) is 3.04. The molecular weight excluding hydrogens is 256 g/mol. The normalized spacial score (nSPS) is 10.9. The Bertz CT molecular complexity index is 726. The number of fused-ring (bicyclic) bond motifs is 1. The van der Waals surface area contributed by atoms with Crippen LogP contribution in [0.15, 0.2) is 36.8 Å². The molecule has 0 atom stereocenters. The number of nitrogens with zero attached hydrogens (tertiary/aromatic N) is 6. The molecular formula is C13H14N6O. The van der Waals surface area contributed by atoms with E-state index in [0.717, 1.165) is 5.69 Å². The SMILES string of the molecule is CN(Cc1ccnn1C)C(=O)c1cc2ncccn2n1. The van der Waals surface area contributed by atoms with Crippen molar-refractivity contribution in [3.63, 3.8) is 0 Å². The van der Waals surface area contributed by atoms with E-state index in [4.69, 9.17) is 0 Å². The van der Waals surface area contributed by atoms with Crippen LogP contribution in [-0.2, 0) is 13.6 Å². The molecule has 20 heavy (non-hydrogen) atoms. The molecule has 0 saturated heterocycles. The molecule has 0 fully saturated rings. The van der Waals surface area contributed by atoms with Crippen LogP contribution in [0.1, 0.15) is 16.2 Å². The maximum absolute atomic E-state index is 12.3. The van der Waals surface area contributed by atoms with Crippen LogP contribution in [0.5, 0.6) is 0 Å². The minimum absolute atomic E-state index is 0.142. The summed E-state index contributed by atoms with van der Waals surface area (Å²) >= 11 is 0. The fourth-order valence-electron chi connectivity index (χ4n) is 2.00. The van der Waals surface area contributed by atoms with Gasteiger partial charge in [0.2, 0.25) is 0 Å². The largest absolute Gasteiger partial charge is 0.334 e. The van der Waals surface area contributed by atoms with Crippen molar-refractivity contribution >= 4 is 11.6 Å². The van der Waals surface area contributed by atoms with Crippen LogP contribution in [0.2, 0.25) is 0 Å². The predicted molar refractivity (Wildman–Crippen MR) is 72.0 cm³/mol. The number of carbonyl (C=O) groups excluding carboxylic acids is 1. The van der Waals surface area contributed by atoms with Crippen molar-refractivity contribution in [2.75, 3.05) is 7.05 Å². The standard InChI is InChI=1S/C13H14N6O/c1-17(9-10-4-6-15-18(10)2)13(20)11-8-12-14-5-3-7-19(12)16-11/h3-8H,9H2,1-2H3. The van der Waals surface area contributed by atoms with Gasteiger partial charge in [-0.15, -0.1) is 0 Å². The number of hydrogen-bond donors (Lipinski definition) is 0. The molecule has 0 N–H and O–H groups in total. The third-order valence-electron chi connectivity index (χ3n) is 3.12. The summed E-state index contributed by atoms with van der Waals surface area (Å²) in [7, 11) is 3.59. The first kappa shape index (κ1) is 12.3. The first-order valence-electron chi connectivity index (χ1n) is 6.18. The Morgan fingerprint density at radius 1 is 1.40 bits per heavy atom. The number of aryl methyl sites for hydroxylation is 1. The average molecular weight is 270 g/mol. The molecule has 0 aliphatic carbocycles. The van der Waals surface area contributed by atoms with Crippen LogP contribution in [-0.4, -0.2) is 42.2 Å². The number of rotatable bonds is 3. The molecule has 102 valence electrons. The van der Waals surface area contributed by atoms with Gasteiger partial charge in [-0.05, 0) is 12.1 Å². The number of aromatic nitrogens is 5. The predicted octanol–water partition coefficient (Wildman–Crippen LogP) is 0.735. The van der Waals surface area contributed by atoms with Crippen molar-refractivity contribution in [3.05, 3.63) is 48.2 Å². The number of carbonyl (C=O) groups is 1. The Morgan fingerprint density at radius 3 is 2.95 bits per heavy atom. The van der Waals surface area contributed by atoms with Gasteiger partial charge in [0.1, 0.15) is 0 Å². The van der Waals surface area contributed by atoms with Gasteiger partial charge in [0.15, 0.2) is 11.3 Å². The topological polar surface area (TPSA) is 68.3 Å². The van der Waals surface area contributed by atoms with Gasteiger partial charge in [-0.1, -0.05) is 0 Å². The van der Waals surface area contributed by atoms with Crippen molar-refractivity contribution < 1.29 is 4.79 Å². The zero-order valence-electron chi connectivity index (χ0n) is 11.3. The van der Waals surface area contributed by atoms with E-state index in [2.05, 4.69) is 15.2 Å². The van der Waals surface area contributed by atoms with Gasteiger partial charge >= 0.3 is 0 Å². The summed E-state index contributed by atoms with van der Waals surface area (Å²) < 4.78 is 3.33. The van der Waals surface area contributed by atoms with Gasteiger partial charge in [-0.25, -0.2) is 9.50 Å². The smallest absolute Gasteiger partial charge is 0.274 e. The summed E-state index contributed by atoms with van der Waals surface area (Å²) in [5.74, 6) is -0.142. The highest BCUT2D eigenvalue weighted by molar-refractivity contribution is 5.93. The van der Waals surface area contributed by atoms with E-state index in [9.17, 15) is 4.79 Å². The number of amides is 1. The maximum Gasteiger partial charge on any atom is 0.274 e. The highest BCUT2D eigenvalue weighted by Gasteiger charge is 2.17. The second-order valence-corrected chi connectivity index (χ2v) is 4.56. The first-order chi connectivity index (χ1) is 9.65. The van der Waals surface area contributed by atoms with Gasteiger partial charge in [0.05, 0.1) is 12.2 Å². The quantitative estimate of drug-likeness (QED) is 0.703. The van der Waals surface area contributed by atoms with Crippen LogP contribution >= 0.6 is 0 Å². The van der Waals surface area contributed by atoms with Crippen LogP contribution < -0.4 is 0 Å². The minimum Gasteiger partial charge on any atom is -0.334 e. The molecule has 7 heteroatoms. The second kappa shape index (κ2) is 4.76. The zero-order valence-corrected chi connectivity index (χ0v) is 11.3. The summed E-state index contributed by atoms with van der Waals surface area (Å²) in [5, 5.41) is 8.31. The van der Waals surface area contributed by atoms with E-state index >= 15 is 0 Å². The summed E-state index contributed by atoms with van der Waals surface area (Å²) in [6.45, 7) is 0.483. The van der Waals surface area contributed by atoms with Gasteiger partial charge in [-0.2, -0.15) is 10.2 Å². The molecule has 3 heterocycles. The third kappa shape index (κ3) is 2.13. The molecule has 0 aliphatic rings. The number of hydrogen-bond acceptors (Lipinski definition) is 4. The Morgan fingerprint density at radius 2 is 2.25 bits per heavy atom. The zero-order chi connectivity index (χ0) is 14.1. The lowest BCUT2D eigenvalue weighted by Crippen LogP contribution is -2.27. The lowest BCUT2D eigenvalue weighted by molar-refractivity contribution is 0.0776. The molecule has 7 nitrogen and oxygen atoms in total. The van der Waals surface area contributed by atoms with Crippen molar-refractivity contribution in [2.24, 2.45) is 7.05 Å². The third-order valence-corrected chi connectivity index (χ3v) is 3.12. The van der Waals surface area contributed by atoms with Gasteiger partial charge in [0, 0.05) is 38.8 Å². The molecule has 0 saturated carbocycles.